The van der Waals surface area contributed by atoms with E-state index in [-0.39, 0.29) is 40.8 Å². The number of carbonyl (C=O) groups is 2. The Hall–Kier alpha value is -3.69. The molecule has 0 saturated carbocycles. The summed E-state index contributed by atoms with van der Waals surface area (Å²) >= 11 is 0. The number of anilines is 1. The van der Waals surface area contributed by atoms with E-state index in [1.54, 1.807) is 29.5 Å². The standard InChI is InChI=1S/C27H34F2N4O4/c1-5-6-7-12-30-25-24(18(4)31-23-9-8-19(26(34)35)15-21(23)28)22(29)16-33(25)20-10-13-32(14-11-20)27(36)37-17(2)3/h8-9,12,15-17,20,31H,4-7,10-11,13-14H2,1-3H3,(H,34,35)/b30-12-. The van der Waals surface area contributed by atoms with Gasteiger partial charge in [-0.15, -0.1) is 0 Å². The number of hydrogen-bond donors (Lipinski definition) is 2. The normalized spacial score (nSPS) is 14.4. The molecule has 1 fully saturated rings. The number of carbonyl (C=O) groups excluding carboxylic acids is 1. The Morgan fingerprint density at radius 3 is 2.57 bits per heavy atom. The highest BCUT2D eigenvalue weighted by molar-refractivity contribution is 5.89. The Morgan fingerprint density at radius 2 is 1.97 bits per heavy atom. The SMILES string of the molecule is C=C(Nc1ccc(C(=O)O)cc1F)c1c(F)cn(C2CCN(C(=O)OC(C)C)CC2)c1/N=C\CCCC. The maximum atomic E-state index is 15.3. The number of benzene rings is 1. The lowest BCUT2D eigenvalue weighted by Crippen LogP contribution is -2.40. The third kappa shape index (κ3) is 6.96. The number of aromatic nitrogens is 1. The average molecular weight is 517 g/mol. The summed E-state index contributed by atoms with van der Waals surface area (Å²) in [4.78, 5) is 29.6. The molecular weight excluding hydrogens is 482 g/mol. The van der Waals surface area contributed by atoms with E-state index in [9.17, 15) is 14.0 Å². The zero-order valence-corrected chi connectivity index (χ0v) is 21.5. The van der Waals surface area contributed by atoms with Gasteiger partial charge < -0.3 is 24.6 Å². The van der Waals surface area contributed by atoms with Crippen LogP contribution in [0.4, 0.5) is 25.1 Å². The number of halogens is 2. The number of likely N-dealkylation sites (tertiary alicyclic amines) is 1. The van der Waals surface area contributed by atoms with Crippen molar-refractivity contribution in [2.75, 3.05) is 18.4 Å². The summed E-state index contributed by atoms with van der Waals surface area (Å²) in [6.07, 6.45) is 6.34. The van der Waals surface area contributed by atoms with Crippen molar-refractivity contribution in [1.29, 1.82) is 0 Å². The number of aliphatic imine (C=N–C) groups is 1. The summed E-state index contributed by atoms with van der Waals surface area (Å²) in [6, 6.07) is 3.31. The molecule has 0 atom stereocenters. The van der Waals surface area contributed by atoms with E-state index in [0.717, 1.165) is 18.9 Å². The fourth-order valence-corrected chi connectivity index (χ4v) is 4.20. The van der Waals surface area contributed by atoms with Gasteiger partial charge in [-0.25, -0.2) is 23.4 Å². The Bertz CT molecular complexity index is 1170. The average Bonchev–Trinajstić information content (AvgIpc) is 3.18. The third-order valence-corrected chi connectivity index (χ3v) is 6.12. The Morgan fingerprint density at radius 1 is 1.27 bits per heavy atom. The fourth-order valence-electron chi connectivity index (χ4n) is 4.20. The number of unbranched alkanes of at least 4 members (excludes halogenated alkanes) is 2. The molecule has 10 heteroatoms. The number of amides is 1. The molecule has 200 valence electrons. The molecule has 1 amide bonds. The lowest BCUT2D eigenvalue weighted by Gasteiger charge is -2.33. The van der Waals surface area contributed by atoms with Crippen molar-refractivity contribution < 1.29 is 28.2 Å². The van der Waals surface area contributed by atoms with Gasteiger partial charge in [-0.3, -0.25) is 0 Å². The van der Waals surface area contributed by atoms with Gasteiger partial charge in [0.25, 0.3) is 0 Å². The first-order valence-electron chi connectivity index (χ1n) is 12.5. The van der Waals surface area contributed by atoms with E-state index < -0.39 is 17.6 Å². The summed E-state index contributed by atoms with van der Waals surface area (Å²) < 4.78 is 36.9. The maximum absolute atomic E-state index is 15.3. The fraction of sp³-hybridized carbons (Fsp3) is 0.444. The number of ether oxygens (including phenoxy) is 1. The van der Waals surface area contributed by atoms with Crippen LogP contribution in [0.25, 0.3) is 5.70 Å². The zero-order valence-electron chi connectivity index (χ0n) is 21.5. The zero-order chi connectivity index (χ0) is 27.1. The molecule has 3 rings (SSSR count). The molecule has 0 spiro atoms. The minimum Gasteiger partial charge on any atom is -0.478 e. The van der Waals surface area contributed by atoms with Gasteiger partial charge in [0.15, 0.2) is 5.82 Å². The van der Waals surface area contributed by atoms with Gasteiger partial charge in [0.2, 0.25) is 0 Å². The monoisotopic (exact) mass is 516 g/mol. The highest BCUT2D eigenvalue weighted by atomic mass is 19.1. The minimum absolute atomic E-state index is 0.0277. The Balaban J connectivity index is 1.86. The number of carboxylic acid groups (broad SMARTS) is 1. The number of carboxylic acids is 1. The third-order valence-electron chi connectivity index (χ3n) is 6.12. The van der Waals surface area contributed by atoms with Crippen molar-refractivity contribution in [1.82, 2.24) is 9.47 Å². The van der Waals surface area contributed by atoms with Crippen molar-refractivity contribution in [2.24, 2.45) is 4.99 Å². The summed E-state index contributed by atoms with van der Waals surface area (Å²) in [7, 11) is 0. The summed E-state index contributed by atoms with van der Waals surface area (Å²) in [5.41, 5.74) is -0.0224. The van der Waals surface area contributed by atoms with E-state index in [1.807, 2.05) is 0 Å². The van der Waals surface area contributed by atoms with Gasteiger partial charge >= 0.3 is 12.1 Å². The van der Waals surface area contributed by atoms with Crippen LogP contribution in [0, 0.1) is 11.6 Å². The smallest absolute Gasteiger partial charge is 0.410 e. The highest BCUT2D eigenvalue weighted by Crippen LogP contribution is 2.37. The number of rotatable bonds is 10. The van der Waals surface area contributed by atoms with E-state index in [1.165, 1.54) is 18.3 Å². The van der Waals surface area contributed by atoms with E-state index in [2.05, 4.69) is 23.8 Å². The summed E-state index contributed by atoms with van der Waals surface area (Å²) in [6.45, 7) is 10.5. The van der Waals surface area contributed by atoms with Crippen molar-refractivity contribution in [3.8, 4) is 0 Å². The predicted octanol–water partition coefficient (Wildman–Crippen LogP) is 6.62. The molecule has 0 unspecified atom stereocenters. The molecule has 2 N–H and O–H groups in total. The van der Waals surface area contributed by atoms with Gasteiger partial charge in [-0.2, -0.15) is 0 Å². The second-order valence-corrected chi connectivity index (χ2v) is 9.29. The van der Waals surface area contributed by atoms with Gasteiger partial charge in [0, 0.05) is 37.2 Å². The van der Waals surface area contributed by atoms with Crippen molar-refractivity contribution in [3.63, 3.8) is 0 Å². The van der Waals surface area contributed by atoms with Crippen LogP contribution in [-0.4, -0.2) is 52.0 Å². The quantitative estimate of drug-likeness (QED) is 0.273. The van der Waals surface area contributed by atoms with Gasteiger partial charge in [0.1, 0.15) is 11.6 Å². The largest absolute Gasteiger partial charge is 0.478 e. The molecule has 1 aliphatic rings. The van der Waals surface area contributed by atoms with Crippen molar-refractivity contribution >= 4 is 35.5 Å². The van der Waals surface area contributed by atoms with Crippen molar-refractivity contribution in [2.45, 2.75) is 65.0 Å². The predicted molar refractivity (Wildman–Crippen MR) is 140 cm³/mol. The van der Waals surface area contributed by atoms with Crippen molar-refractivity contribution in [3.05, 3.63) is 53.7 Å². The molecule has 2 heterocycles. The Kier molecular flexibility index (Phi) is 9.43. The number of hydrogen-bond acceptors (Lipinski definition) is 5. The second-order valence-electron chi connectivity index (χ2n) is 9.29. The maximum Gasteiger partial charge on any atom is 0.410 e. The van der Waals surface area contributed by atoms with Crippen LogP contribution >= 0.6 is 0 Å². The first kappa shape index (κ1) is 27.9. The molecule has 0 aliphatic carbocycles. The van der Waals surface area contributed by atoms with Crippen LogP contribution in [0.2, 0.25) is 0 Å². The molecular formula is C27H34F2N4O4. The van der Waals surface area contributed by atoms with Crippen LogP contribution in [0.5, 0.6) is 0 Å². The molecule has 0 radical (unpaired) electrons. The lowest BCUT2D eigenvalue weighted by atomic mass is 10.1. The molecule has 1 saturated heterocycles. The number of nitrogens with zero attached hydrogens (tertiary/aromatic N) is 3. The molecule has 1 aromatic heterocycles. The molecule has 1 aliphatic heterocycles. The second kappa shape index (κ2) is 12.5. The van der Waals surface area contributed by atoms with E-state index >= 15 is 4.39 Å². The molecule has 8 nitrogen and oxygen atoms in total. The van der Waals surface area contributed by atoms with Gasteiger partial charge in [-0.1, -0.05) is 19.9 Å². The topological polar surface area (TPSA) is 96.2 Å². The molecule has 37 heavy (non-hydrogen) atoms. The Labute approximate surface area is 215 Å². The molecule has 1 aromatic carbocycles. The van der Waals surface area contributed by atoms with Gasteiger partial charge in [0.05, 0.1) is 22.9 Å². The summed E-state index contributed by atoms with van der Waals surface area (Å²) in [5.74, 6) is -2.25. The first-order chi connectivity index (χ1) is 17.6. The first-order valence-corrected chi connectivity index (χ1v) is 12.5. The van der Waals surface area contributed by atoms with E-state index in [4.69, 9.17) is 9.84 Å². The van der Waals surface area contributed by atoms with E-state index in [0.29, 0.717) is 38.2 Å². The van der Waals surface area contributed by atoms with Crippen LogP contribution in [-0.2, 0) is 4.74 Å². The van der Waals surface area contributed by atoms with Crippen LogP contribution < -0.4 is 5.32 Å². The van der Waals surface area contributed by atoms with Crippen LogP contribution in [0.3, 0.4) is 0 Å². The lowest BCUT2D eigenvalue weighted by molar-refractivity contribution is 0.0659. The molecule has 2 aromatic rings. The van der Waals surface area contributed by atoms with Gasteiger partial charge in [-0.05, 0) is 57.7 Å². The van der Waals surface area contributed by atoms with Crippen LogP contribution in [0.1, 0.15) is 74.8 Å². The van der Waals surface area contributed by atoms with Crippen LogP contribution in [0.15, 0.2) is 36.0 Å². The highest BCUT2D eigenvalue weighted by Gasteiger charge is 2.29. The minimum atomic E-state index is -1.25. The summed E-state index contributed by atoms with van der Waals surface area (Å²) in [5, 5.41) is 11.8. The number of aromatic carboxylic acids is 1. The number of piperidine rings is 1. The molecule has 0 bridgehead atoms. The number of nitrogens with one attached hydrogen (secondary N) is 1.